The Bertz CT molecular complexity index is 760. The van der Waals surface area contributed by atoms with Crippen molar-refractivity contribution >= 4 is 11.5 Å². The minimum absolute atomic E-state index is 0.0229. The van der Waals surface area contributed by atoms with E-state index in [-0.39, 0.29) is 17.9 Å². The van der Waals surface area contributed by atoms with Crippen LogP contribution in [0.5, 0.6) is 11.8 Å². The van der Waals surface area contributed by atoms with Gasteiger partial charge in [0.1, 0.15) is 17.4 Å². The molecule has 0 N–H and O–H groups in total. The van der Waals surface area contributed by atoms with Gasteiger partial charge in [0, 0.05) is 18.9 Å². The lowest BCUT2D eigenvalue weighted by atomic mass is 9.98. The number of nitrogens with zero attached hydrogens (tertiary/aromatic N) is 3. The van der Waals surface area contributed by atoms with Crippen molar-refractivity contribution in [2.24, 2.45) is 0 Å². The number of hydrogen-bond acceptors (Lipinski definition) is 5. The maximum absolute atomic E-state index is 13.5. The molecule has 8 heteroatoms. The van der Waals surface area contributed by atoms with Crippen LogP contribution >= 0.6 is 0 Å². The predicted octanol–water partition coefficient (Wildman–Crippen LogP) is 4.98. The van der Waals surface area contributed by atoms with Gasteiger partial charge in [0.2, 0.25) is 0 Å². The summed E-state index contributed by atoms with van der Waals surface area (Å²) in [6, 6.07) is 6.68. The van der Waals surface area contributed by atoms with Gasteiger partial charge >= 0.3 is 12.2 Å². The van der Waals surface area contributed by atoms with Crippen molar-refractivity contribution < 1.29 is 22.6 Å². The lowest BCUT2D eigenvalue weighted by Gasteiger charge is -2.25. The van der Waals surface area contributed by atoms with Crippen molar-refractivity contribution in [1.29, 1.82) is 0 Å². The predicted molar refractivity (Wildman–Crippen MR) is 95.6 cm³/mol. The summed E-state index contributed by atoms with van der Waals surface area (Å²) in [6.07, 6.45) is 1.16. The highest BCUT2D eigenvalue weighted by Gasteiger charge is 2.37. The van der Waals surface area contributed by atoms with Crippen LogP contribution in [-0.4, -0.2) is 30.2 Å². The third-order valence-corrected chi connectivity index (χ3v) is 4.65. The number of aromatic nitrogens is 2. The molecule has 0 amide bonds. The molecule has 146 valence electrons. The van der Waals surface area contributed by atoms with E-state index in [1.807, 2.05) is 0 Å². The number of anilines is 2. The summed E-state index contributed by atoms with van der Waals surface area (Å²) >= 11 is 0. The summed E-state index contributed by atoms with van der Waals surface area (Å²) < 4.78 is 51.2. The van der Waals surface area contributed by atoms with Crippen molar-refractivity contribution in [3.05, 3.63) is 36.0 Å². The van der Waals surface area contributed by atoms with E-state index >= 15 is 0 Å². The zero-order valence-corrected chi connectivity index (χ0v) is 15.3. The van der Waals surface area contributed by atoms with Crippen LogP contribution in [0.25, 0.3) is 0 Å². The van der Waals surface area contributed by atoms with Crippen molar-refractivity contribution in [1.82, 2.24) is 9.97 Å². The van der Waals surface area contributed by atoms with Gasteiger partial charge in [-0.3, -0.25) is 0 Å². The van der Waals surface area contributed by atoms with Crippen LogP contribution in [0.15, 0.2) is 30.5 Å². The van der Waals surface area contributed by atoms with Crippen LogP contribution in [0.3, 0.4) is 0 Å². The Hall–Kier alpha value is -2.51. The van der Waals surface area contributed by atoms with Gasteiger partial charge in [-0.2, -0.15) is 18.2 Å². The Morgan fingerprint density at radius 3 is 2.33 bits per heavy atom. The average molecular weight is 381 g/mol. The lowest BCUT2D eigenvalue weighted by Crippen LogP contribution is -2.23. The molecule has 1 aromatic heterocycles. The molecule has 0 bridgehead atoms. The second-order valence-corrected chi connectivity index (χ2v) is 6.52. The maximum atomic E-state index is 13.5. The van der Waals surface area contributed by atoms with Gasteiger partial charge in [-0.05, 0) is 49.9 Å². The standard InChI is InChI=1S/C19H22F3N3O2/c1-25(13-8-10-14(26-2)11-9-13)17-16(19(20,21)22)12-23-18(24-17)27-15-6-4-3-5-7-15/h8-12,15H,3-7H2,1-2H3. The van der Waals surface area contributed by atoms with Gasteiger partial charge in [0.25, 0.3) is 0 Å². The topological polar surface area (TPSA) is 47.5 Å². The van der Waals surface area contributed by atoms with E-state index in [4.69, 9.17) is 9.47 Å². The fourth-order valence-electron chi connectivity index (χ4n) is 3.13. The van der Waals surface area contributed by atoms with Crippen LogP contribution in [0, 0.1) is 0 Å². The number of methoxy groups -OCH3 is 1. The van der Waals surface area contributed by atoms with E-state index in [9.17, 15) is 13.2 Å². The van der Waals surface area contributed by atoms with Crippen molar-refractivity contribution in [3.63, 3.8) is 0 Å². The molecular weight excluding hydrogens is 359 g/mol. The SMILES string of the molecule is COc1ccc(N(C)c2nc(OC3CCCCC3)ncc2C(F)(F)F)cc1. The highest BCUT2D eigenvalue weighted by atomic mass is 19.4. The largest absolute Gasteiger partial charge is 0.497 e. The monoisotopic (exact) mass is 381 g/mol. The molecule has 0 aliphatic heterocycles. The molecule has 5 nitrogen and oxygen atoms in total. The first kappa shape index (κ1) is 19.3. The second kappa shape index (κ2) is 8.02. The fourth-order valence-corrected chi connectivity index (χ4v) is 3.13. The highest BCUT2D eigenvalue weighted by Crippen LogP contribution is 2.38. The number of halogens is 3. The number of ether oxygens (including phenoxy) is 2. The van der Waals surface area contributed by atoms with Gasteiger partial charge in [-0.1, -0.05) is 6.42 Å². The molecule has 1 aromatic carbocycles. The van der Waals surface area contributed by atoms with Gasteiger partial charge in [0.05, 0.1) is 7.11 Å². The number of benzene rings is 1. The van der Waals surface area contributed by atoms with E-state index in [0.29, 0.717) is 11.4 Å². The van der Waals surface area contributed by atoms with Crippen molar-refractivity contribution in [2.45, 2.75) is 44.4 Å². The third-order valence-electron chi connectivity index (χ3n) is 4.65. The lowest BCUT2D eigenvalue weighted by molar-refractivity contribution is -0.137. The first-order chi connectivity index (χ1) is 12.9. The van der Waals surface area contributed by atoms with Gasteiger partial charge in [-0.25, -0.2) is 4.98 Å². The molecule has 3 rings (SSSR count). The molecule has 0 atom stereocenters. The van der Waals surface area contributed by atoms with Crippen molar-refractivity contribution in [2.75, 3.05) is 19.1 Å². The maximum Gasteiger partial charge on any atom is 0.421 e. The smallest absolute Gasteiger partial charge is 0.421 e. The Balaban J connectivity index is 1.92. The highest BCUT2D eigenvalue weighted by molar-refractivity contribution is 5.63. The molecule has 0 saturated heterocycles. The number of rotatable bonds is 5. The quantitative estimate of drug-likeness (QED) is 0.731. The van der Waals surface area contributed by atoms with Gasteiger partial charge in [-0.15, -0.1) is 0 Å². The number of hydrogen-bond donors (Lipinski definition) is 0. The van der Waals surface area contributed by atoms with E-state index in [2.05, 4.69) is 9.97 Å². The molecular formula is C19H22F3N3O2. The molecule has 1 heterocycles. The fraction of sp³-hybridized carbons (Fsp3) is 0.474. The molecule has 2 aromatic rings. The molecule has 0 spiro atoms. The molecule has 27 heavy (non-hydrogen) atoms. The van der Waals surface area contributed by atoms with Gasteiger partial charge < -0.3 is 14.4 Å². The minimum atomic E-state index is -4.57. The van der Waals surface area contributed by atoms with E-state index in [1.165, 1.54) is 19.1 Å². The van der Waals surface area contributed by atoms with Crippen LogP contribution in [0.2, 0.25) is 0 Å². The zero-order chi connectivity index (χ0) is 19.4. The Kier molecular flexibility index (Phi) is 5.72. The third kappa shape index (κ3) is 4.61. The Morgan fingerprint density at radius 2 is 1.74 bits per heavy atom. The average Bonchev–Trinajstić information content (AvgIpc) is 2.67. The van der Waals surface area contributed by atoms with Crippen LogP contribution < -0.4 is 14.4 Å². The summed E-state index contributed by atoms with van der Waals surface area (Å²) in [5.41, 5.74) is -0.361. The summed E-state index contributed by atoms with van der Waals surface area (Å²) in [4.78, 5) is 9.27. The first-order valence-corrected chi connectivity index (χ1v) is 8.87. The normalized spacial score (nSPS) is 15.4. The summed E-state index contributed by atoms with van der Waals surface area (Å²) in [5.74, 6) is 0.376. The molecule has 0 unspecified atom stereocenters. The number of alkyl halides is 3. The summed E-state index contributed by atoms with van der Waals surface area (Å²) in [6.45, 7) is 0. The molecule has 1 saturated carbocycles. The Labute approximate surface area is 156 Å². The first-order valence-electron chi connectivity index (χ1n) is 8.87. The second-order valence-electron chi connectivity index (χ2n) is 6.52. The van der Waals surface area contributed by atoms with Crippen molar-refractivity contribution in [3.8, 4) is 11.8 Å². The van der Waals surface area contributed by atoms with E-state index in [0.717, 1.165) is 38.3 Å². The summed E-state index contributed by atoms with van der Waals surface area (Å²) in [5, 5.41) is 0. The minimum Gasteiger partial charge on any atom is -0.497 e. The Morgan fingerprint density at radius 1 is 1.07 bits per heavy atom. The molecule has 0 radical (unpaired) electrons. The van der Waals surface area contributed by atoms with Crippen LogP contribution in [-0.2, 0) is 6.18 Å². The van der Waals surface area contributed by atoms with E-state index < -0.39 is 11.7 Å². The summed E-state index contributed by atoms with van der Waals surface area (Å²) in [7, 11) is 3.06. The van der Waals surface area contributed by atoms with Crippen LogP contribution in [0.4, 0.5) is 24.7 Å². The van der Waals surface area contributed by atoms with Crippen LogP contribution in [0.1, 0.15) is 37.7 Å². The molecule has 1 fully saturated rings. The zero-order valence-electron chi connectivity index (χ0n) is 15.3. The van der Waals surface area contributed by atoms with Gasteiger partial charge in [0.15, 0.2) is 5.82 Å². The molecule has 1 aliphatic carbocycles. The van der Waals surface area contributed by atoms with E-state index in [1.54, 1.807) is 24.3 Å². The molecule has 1 aliphatic rings.